The molecule has 0 radical (unpaired) electrons. The Morgan fingerprint density at radius 3 is 2.64 bits per heavy atom. The van der Waals surface area contributed by atoms with Gasteiger partial charge in [0.25, 0.3) is 0 Å². The number of aryl methyl sites for hydroxylation is 1. The molecule has 3 rings (SSSR count). The number of nitrogens with zero attached hydrogens (tertiary/aromatic N) is 1. The Kier molecular flexibility index (Phi) is 4.40. The summed E-state index contributed by atoms with van der Waals surface area (Å²) in [5.74, 6) is 0. The lowest BCUT2D eigenvalue weighted by Crippen LogP contribution is -2.17. The Morgan fingerprint density at radius 2 is 1.82 bits per heavy atom. The van der Waals surface area contributed by atoms with E-state index in [2.05, 4.69) is 67.4 Å². The maximum absolute atomic E-state index is 5.59. The first-order valence-corrected chi connectivity index (χ1v) is 7.59. The molecule has 0 saturated carbocycles. The molecule has 0 aliphatic carbocycles. The van der Waals surface area contributed by atoms with E-state index in [-0.39, 0.29) is 0 Å². The van der Waals surface area contributed by atoms with Gasteiger partial charge in [-0.3, -0.25) is 4.90 Å². The molecule has 0 atom stereocenters. The Labute approximate surface area is 131 Å². The van der Waals surface area contributed by atoms with Gasteiger partial charge in [-0.15, -0.1) is 0 Å². The van der Waals surface area contributed by atoms with Crippen molar-refractivity contribution in [2.24, 2.45) is 0 Å². The number of rotatable bonds is 5. The van der Waals surface area contributed by atoms with Gasteiger partial charge in [-0.05, 0) is 25.6 Å². The molecule has 1 aromatic heterocycles. The van der Waals surface area contributed by atoms with Crippen LogP contribution in [0.1, 0.15) is 16.7 Å². The monoisotopic (exact) mass is 291 g/mol. The Morgan fingerprint density at radius 1 is 1.05 bits per heavy atom. The van der Waals surface area contributed by atoms with Crippen LogP contribution in [-0.4, -0.2) is 18.5 Å². The second-order valence-electron chi connectivity index (χ2n) is 5.77. The maximum Gasteiger partial charge on any atom is 0.134 e. The van der Waals surface area contributed by atoms with Crippen LogP contribution < -0.4 is 0 Å². The summed E-state index contributed by atoms with van der Waals surface area (Å²) in [7, 11) is 2.13. The number of furan rings is 1. The van der Waals surface area contributed by atoms with Crippen molar-refractivity contribution in [3.05, 3.63) is 77.6 Å². The number of para-hydroxylation sites is 1. The van der Waals surface area contributed by atoms with E-state index in [9.17, 15) is 0 Å². The van der Waals surface area contributed by atoms with Crippen molar-refractivity contribution in [2.75, 3.05) is 13.6 Å². The van der Waals surface area contributed by atoms with Crippen LogP contribution in [-0.2, 0) is 6.54 Å². The van der Waals surface area contributed by atoms with Gasteiger partial charge in [0.1, 0.15) is 5.58 Å². The van der Waals surface area contributed by atoms with Crippen LogP contribution in [0.2, 0.25) is 0 Å². The Hall–Kier alpha value is -2.32. The third kappa shape index (κ3) is 3.46. The number of benzene rings is 2. The minimum Gasteiger partial charge on any atom is -0.464 e. The lowest BCUT2D eigenvalue weighted by atomic mass is 10.1. The SMILES string of the molecule is Cc1ccc(/C=C/CN(C)Cc2coc3ccccc23)cc1. The normalized spacial score (nSPS) is 11.8. The summed E-state index contributed by atoms with van der Waals surface area (Å²) in [6, 6.07) is 16.8. The topological polar surface area (TPSA) is 16.4 Å². The second-order valence-corrected chi connectivity index (χ2v) is 5.77. The summed E-state index contributed by atoms with van der Waals surface area (Å²) in [4.78, 5) is 2.28. The van der Waals surface area contributed by atoms with Gasteiger partial charge in [0.15, 0.2) is 0 Å². The van der Waals surface area contributed by atoms with Crippen LogP contribution in [0.3, 0.4) is 0 Å². The molecule has 22 heavy (non-hydrogen) atoms. The van der Waals surface area contributed by atoms with E-state index in [0.29, 0.717) is 0 Å². The van der Waals surface area contributed by atoms with Gasteiger partial charge in [0, 0.05) is 24.0 Å². The molecular weight excluding hydrogens is 270 g/mol. The van der Waals surface area contributed by atoms with Crippen LogP contribution in [0, 0.1) is 6.92 Å². The van der Waals surface area contributed by atoms with Crippen LogP contribution in [0.4, 0.5) is 0 Å². The highest BCUT2D eigenvalue weighted by molar-refractivity contribution is 5.80. The molecular formula is C20H21NO. The molecule has 0 amide bonds. The van der Waals surface area contributed by atoms with Gasteiger partial charge < -0.3 is 4.42 Å². The molecule has 0 fully saturated rings. The first kappa shape index (κ1) is 14.6. The van der Waals surface area contributed by atoms with E-state index in [1.54, 1.807) is 0 Å². The molecule has 0 spiro atoms. The molecule has 0 N–H and O–H groups in total. The zero-order valence-corrected chi connectivity index (χ0v) is 13.1. The number of likely N-dealkylation sites (N-methyl/N-ethyl adjacent to an activating group) is 1. The number of hydrogen-bond donors (Lipinski definition) is 0. The molecule has 0 unspecified atom stereocenters. The quantitative estimate of drug-likeness (QED) is 0.665. The predicted molar refractivity (Wildman–Crippen MR) is 92.8 cm³/mol. The van der Waals surface area contributed by atoms with Crippen LogP contribution in [0.5, 0.6) is 0 Å². The molecule has 2 heteroatoms. The molecule has 112 valence electrons. The highest BCUT2D eigenvalue weighted by Gasteiger charge is 2.06. The van der Waals surface area contributed by atoms with Gasteiger partial charge in [0.05, 0.1) is 6.26 Å². The third-order valence-electron chi connectivity index (χ3n) is 3.81. The minimum atomic E-state index is 0.884. The molecule has 2 nitrogen and oxygen atoms in total. The third-order valence-corrected chi connectivity index (χ3v) is 3.81. The van der Waals surface area contributed by atoms with E-state index in [1.807, 2.05) is 18.4 Å². The number of fused-ring (bicyclic) bond motifs is 1. The highest BCUT2D eigenvalue weighted by Crippen LogP contribution is 2.21. The van der Waals surface area contributed by atoms with Gasteiger partial charge >= 0.3 is 0 Å². The largest absolute Gasteiger partial charge is 0.464 e. The summed E-state index contributed by atoms with van der Waals surface area (Å²) in [6.07, 6.45) is 6.24. The lowest BCUT2D eigenvalue weighted by molar-refractivity contribution is 0.363. The number of hydrogen-bond acceptors (Lipinski definition) is 2. The average molecular weight is 291 g/mol. The maximum atomic E-state index is 5.59. The van der Waals surface area contributed by atoms with Crippen molar-refractivity contribution in [1.29, 1.82) is 0 Å². The molecule has 0 saturated heterocycles. The van der Waals surface area contributed by atoms with E-state index >= 15 is 0 Å². The van der Waals surface area contributed by atoms with Crippen LogP contribution in [0.15, 0.2) is 65.3 Å². The zero-order valence-electron chi connectivity index (χ0n) is 13.1. The van der Waals surface area contributed by atoms with Gasteiger partial charge in [-0.2, -0.15) is 0 Å². The summed E-state index contributed by atoms with van der Waals surface area (Å²) >= 11 is 0. The van der Waals surface area contributed by atoms with E-state index in [1.165, 1.54) is 22.1 Å². The first-order valence-electron chi connectivity index (χ1n) is 7.59. The van der Waals surface area contributed by atoms with Crippen molar-refractivity contribution < 1.29 is 4.42 Å². The predicted octanol–water partition coefficient (Wildman–Crippen LogP) is 4.89. The van der Waals surface area contributed by atoms with Crippen molar-refractivity contribution in [2.45, 2.75) is 13.5 Å². The standard InChI is InChI=1S/C20H21NO/c1-16-9-11-17(12-10-16)6-5-13-21(2)14-18-15-22-20-8-4-3-7-19(18)20/h3-12,15H,13-14H2,1-2H3/b6-5+. The van der Waals surface area contributed by atoms with Crippen LogP contribution in [0.25, 0.3) is 17.0 Å². The van der Waals surface area contributed by atoms with E-state index < -0.39 is 0 Å². The van der Waals surface area contributed by atoms with E-state index in [4.69, 9.17) is 4.42 Å². The molecule has 0 bridgehead atoms. The fourth-order valence-corrected chi connectivity index (χ4v) is 2.56. The molecule has 0 aliphatic heterocycles. The first-order chi connectivity index (χ1) is 10.7. The summed E-state index contributed by atoms with van der Waals surface area (Å²) in [6.45, 7) is 3.90. The smallest absolute Gasteiger partial charge is 0.134 e. The van der Waals surface area contributed by atoms with Crippen molar-refractivity contribution in [3.8, 4) is 0 Å². The molecule has 2 aromatic carbocycles. The van der Waals surface area contributed by atoms with Crippen molar-refractivity contribution in [1.82, 2.24) is 4.90 Å². The summed E-state index contributed by atoms with van der Waals surface area (Å²) < 4.78 is 5.59. The van der Waals surface area contributed by atoms with Gasteiger partial charge in [-0.25, -0.2) is 0 Å². The van der Waals surface area contributed by atoms with Gasteiger partial charge in [-0.1, -0.05) is 60.2 Å². The lowest BCUT2D eigenvalue weighted by Gasteiger charge is -2.13. The van der Waals surface area contributed by atoms with Crippen molar-refractivity contribution in [3.63, 3.8) is 0 Å². The van der Waals surface area contributed by atoms with E-state index in [0.717, 1.165) is 18.7 Å². The summed E-state index contributed by atoms with van der Waals surface area (Å²) in [5, 5.41) is 1.21. The van der Waals surface area contributed by atoms with Crippen LogP contribution >= 0.6 is 0 Å². The molecule has 3 aromatic rings. The van der Waals surface area contributed by atoms with Gasteiger partial charge in [0.2, 0.25) is 0 Å². The fraction of sp³-hybridized carbons (Fsp3) is 0.200. The highest BCUT2D eigenvalue weighted by atomic mass is 16.3. The Bertz CT molecular complexity index is 768. The molecule has 0 aliphatic rings. The minimum absolute atomic E-state index is 0.884. The second kappa shape index (κ2) is 6.63. The zero-order chi connectivity index (χ0) is 15.4. The summed E-state index contributed by atoms with van der Waals surface area (Å²) in [5.41, 5.74) is 4.73. The fourth-order valence-electron chi connectivity index (χ4n) is 2.56. The molecule has 1 heterocycles. The Balaban J connectivity index is 1.60. The average Bonchev–Trinajstić information content (AvgIpc) is 2.93. The van der Waals surface area contributed by atoms with Crippen molar-refractivity contribution >= 4 is 17.0 Å².